The van der Waals surface area contributed by atoms with Gasteiger partial charge in [0.1, 0.15) is 6.33 Å². The molecule has 0 aliphatic heterocycles. The van der Waals surface area contributed by atoms with Crippen LogP contribution in [0.1, 0.15) is 31.7 Å². The van der Waals surface area contributed by atoms with Gasteiger partial charge < -0.3 is 0 Å². The minimum atomic E-state index is 0.671. The molecule has 4 heteroatoms. The smallest absolute Gasteiger partial charge is 0.219 e. The fraction of sp³-hybridized carbons (Fsp3) is 0.500. The van der Waals surface area contributed by atoms with Gasteiger partial charge in [-0.25, -0.2) is 9.50 Å². The lowest BCUT2D eigenvalue weighted by atomic mass is 10.1. The molecule has 0 atom stereocenters. The van der Waals surface area contributed by atoms with E-state index in [0.717, 1.165) is 6.42 Å². The molecule has 0 spiro atoms. The van der Waals surface area contributed by atoms with Crippen LogP contribution in [0.25, 0.3) is 5.78 Å². The molecule has 0 aromatic carbocycles. The van der Waals surface area contributed by atoms with E-state index in [2.05, 4.69) is 22.0 Å². The van der Waals surface area contributed by atoms with Crippen LogP contribution in [0.15, 0.2) is 18.7 Å². The van der Waals surface area contributed by atoms with E-state index in [1.165, 1.54) is 31.2 Å². The predicted octanol–water partition coefficient (Wildman–Crippen LogP) is 1.86. The number of unbranched alkanes of at least 4 members (excludes halogenated alkanes) is 2. The third-order valence-corrected chi connectivity index (χ3v) is 2.26. The Morgan fingerprint density at radius 3 is 3.07 bits per heavy atom. The van der Waals surface area contributed by atoms with Crippen molar-refractivity contribution in [2.75, 3.05) is 0 Å². The van der Waals surface area contributed by atoms with Crippen molar-refractivity contribution in [3.63, 3.8) is 0 Å². The summed E-state index contributed by atoms with van der Waals surface area (Å²) in [5, 5.41) is 4.05. The minimum Gasteiger partial charge on any atom is -0.219 e. The van der Waals surface area contributed by atoms with Gasteiger partial charge in [0, 0.05) is 12.4 Å². The van der Waals surface area contributed by atoms with Crippen molar-refractivity contribution in [1.29, 1.82) is 0 Å². The van der Waals surface area contributed by atoms with E-state index >= 15 is 0 Å². The van der Waals surface area contributed by atoms with Gasteiger partial charge in [-0.15, -0.1) is 0 Å². The molecular formula is C10H14N4. The van der Waals surface area contributed by atoms with Crippen molar-refractivity contribution in [3.05, 3.63) is 24.3 Å². The third-order valence-electron chi connectivity index (χ3n) is 2.26. The summed E-state index contributed by atoms with van der Waals surface area (Å²) in [6, 6.07) is 0. The van der Waals surface area contributed by atoms with Gasteiger partial charge in [-0.2, -0.15) is 10.1 Å². The van der Waals surface area contributed by atoms with Crippen LogP contribution < -0.4 is 0 Å². The zero-order chi connectivity index (χ0) is 9.80. The fourth-order valence-corrected chi connectivity index (χ4v) is 1.47. The molecule has 4 nitrogen and oxygen atoms in total. The molecule has 0 unspecified atom stereocenters. The highest BCUT2D eigenvalue weighted by molar-refractivity contribution is 5.25. The van der Waals surface area contributed by atoms with E-state index in [9.17, 15) is 0 Å². The Bertz CT molecular complexity index is 407. The van der Waals surface area contributed by atoms with E-state index in [1.54, 1.807) is 4.52 Å². The highest BCUT2D eigenvalue weighted by Gasteiger charge is 1.98. The molecule has 14 heavy (non-hydrogen) atoms. The fourth-order valence-electron chi connectivity index (χ4n) is 1.47. The maximum Gasteiger partial charge on any atom is 0.252 e. The molecule has 0 N–H and O–H groups in total. The van der Waals surface area contributed by atoms with Crippen molar-refractivity contribution in [3.8, 4) is 0 Å². The predicted molar refractivity (Wildman–Crippen MR) is 54.0 cm³/mol. The van der Waals surface area contributed by atoms with Gasteiger partial charge >= 0.3 is 0 Å². The molecule has 0 radical (unpaired) electrons. The average molecular weight is 190 g/mol. The van der Waals surface area contributed by atoms with E-state index in [-0.39, 0.29) is 0 Å². The lowest BCUT2D eigenvalue weighted by Gasteiger charge is -1.99. The SMILES string of the molecule is CCCCCc1cnc2ncnn2c1. The van der Waals surface area contributed by atoms with Gasteiger partial charge in [-0.3, -0.25) is 0 Å². The molecule has 2 rings (SSSR count). The Morgan fingerprint density at radius 1 is 1.29 bits per heavy atom. The summed E-state index contributed by atoms with van der Waals surface area (Å²) in [6.07, 6.45) is 10.2. The summed E-state index contributed by atoms with van der Waals surface area (Å²) in [5.41, 5.74) is 1.23. The molecule has 0 bridgehead atoms. The highest BCUT2D eigenvalue weighted by atomic mass is 15.3. The van der Waals surface area contributed by atoms with Crippen LogP contribution in [-0.2, 0) is 6.42 Å². The molecule has 0 fully saturated rings. The molecule has 74 valence electrons. The van der Waals surface area contributed by atoms with Crippen LogP contribution >= 0.6 is 0 Å². The van der Waals surface area contributed by atoms with Gasteiger partial charge in [0.05, 0.1) is 0 Å². The Kier molecular flexibility index (Phi) is 2.72. The Hall–Kier alpha value is -1.45. The van der Waals surface area contributed by atoms with Crippen LogP contribution in [0, 0.1) is 0 Å². The summed E-state index contributed by atoms with van der Waals surface area (Å²) < 4.78 is 1.72. The molecule has 2 aromatic rings. The molecule has 2 heterocycles. The monoisotopic (exact) mass is 190 g/mol. The van der Waals surface area contributed by atoms with Gasteiger partial charge in [0.2, 0.25) is 0 Å². The summed E-state index contributed by atoms with van der Waals surface area (Å²) in [4.78, 5) is 8.21. The van der Waals surface area contributed by atoms with Crippen molar-refractivity contribution in [1.82, 2.24) is 19.6 Å². The van der Waals surface area contributed by atoms with Gasteiger partial charge in [-0.1, -0.05) is 19.8 Å². The topological polar surface area (TPSA) is 43.1 Å². The second kappa shape index (κ2) is 4.17. The average Bonchev–Trinajstić information content (AvgIpc) is 2.65. The van der Waals surface area contributed by atoms with Crippen LogP contribution in [0.3, 0.4) is 0 Å². The molecular weight excluding hydrogens is 176 g/mol. The number of fused-ring (bicyclic) bond motifs is 1. The summed E-state index contributed by atoms with van der Waals surface area (Å²) >= 11 is 0. The second-order valence-corrected chi connectivity index (χ2v) is 3.42. The second-order valence-electron chi connectivity index (χ2n) is 3.42. The van der Waals surface area contributed by atoms with Crippen molar-refractivity contribution >= 4 is 5.78 Å². The Balaban J connectivity index is 2.10. The van der Waals surface area contributed by atoms with E-state index in [0.29, 0.717) is 5.78 Å². The Labute approximate surface area is 83.0 Å². The molecule has 0 amide bonds. The first-order valence-electron chi connectivity index (χ1n) is 5.04. The van der Waals surface area contributed by atoms with Crippen LogP contribution in [0.5, 0.6) is 0 Å². The van der Waals surface area contributed by atoms with Gasteiger partial charge in [0.25, 0.3) is 5.78 Å². The van der Waals surface area contributed by atoms with E-state index < -0.39 is 0 Å². The maximum atomic E-state index is 4.21. The van der Waals surface area contributed by atoms with Gasteiger partial charge in [0.15, 0.2) is 0 Å². The first-order valence-corrected chi connectivity index (χ1v) is 5.04. The Morgan fingerprint density at radius 2 is 2.21 bits per heavy atom. The molecule has 0 saturated carbocycles. The lowest BCUT2D eigenvalue weighted by Crippen LogP contribution is -1.95. The maximum absolute atomic E-state index is 4.21. The first-order chi connectivity index (χ1) is 6.90. The summed E-state index contributed by atoms with van der Waals surface area (Å²) in [5.74, 6) is 0.671. The summed E-state index contributed by atoms with van der Waals surface area (Å²) in [7, 11) is 0. The molecule has 0 saturated heterocycles. The number of aryl methyl sites for hydroxylation is 1. The zero-order valence-corrected chi connectivity index (χ0v) is 8.35. The zero-order valence-electron chi connectivity index (χ0n) is 8.35. The number of hydrogen-bond donors (Lipinski definition) is 0. The highest BCUT2D eigenvalue weighted by Crippen LogP contribution is 2.05. The molecule has 0 aliphatic rings. The van der Waals surface area contributed by atoms with Crippen LogP contribution in [-0.4, -0.2) is 19.6 Å². The largest absolute Gasteiger partial charge is 0.252 e. The number of aromatic nitrogens is 4. The van der Waals surface area contributed by atoms with Crippen LogP contribution in [0.4, 0.5) is 0 Å². The quantitative estimate of drug-likeness (QED) is 0.691. The van der Waals surface area contributed by atoms with Crippen molar-refractivity contribution < 1.29 is 0 Å². The number of hydrogen-bond acceptors (Lipinski definition) is 3. The summed E-state index contributed by atoms with van der Waals surface area (Å²) in [6.45, 7) is 2.21. The lowest BCUT2D eigenvalue weighted by molar-refractivity contribution is 0.711. The van der Waals surface area contributed by atoms with Crippen molar-refractivity contribution in [2.45, 2.75) is 32.6 Å². The molecule has 0 aliphatic carbocycles. The molecule has 2 aromatic heterocycles. The number of rotatable bonds is 4. The van der Waals surface area contributed by atoms with E-state index in [1.807, 2.05) is 12.4 Å². The van der Waals surface area contributed by atoms with Crippen LogP contribution in [0.2, 0.25) is 0 Å². The standard InChI is InChI=1S/C10H14N4/c1-2-3-4-5-9-6-11-10-12-8-13-14(10)7-9/h6-8H,2-5H2,1H3. The number of nitrogens with zero attached hydrogens (tertiary/aromatic N) is 4. The van der Waals surface area contributed by atoms with Crippen molar-refractivity contribution in [2.24, 2.45) is 0 Å². The van der Waals surface area contributed by atoms with E-state index in [4.69, 9.17) is 0 Å². The van der Waals surface area contributed by atoms with Gasteiger partial charge in [-0.05, 0) is 18.4 Å². The first kappa shape index (κ1) is 9.12. The normalized spacial score (nSPS) is 10.9. The minimum absolute atomic E-state index is 0.671. The third kappa shape index (κ3) is 1.89.